The summed E-state index contributed by atoms with van der Waals surface area (Å²) in [4.78, 5) is 2.21. The van der Waals surface area contributed by atoms with Crippen molar-refractivity contribution in [1.29, 1.82) is 0 Å². The third-order valence-corrected chi connectivity index (χ3v) is 3.64. The number of ether oxygens (including phenoxy) is 1. The summed E-state index contributed by atoms with van der Waals surface area (Å²) in [5.41, 5.74) is 1.09. The van der Waals surface area contributed by atoms with E-state index in [4.69, 9.17) is 16.3 Å². The van der Waals surface area contributed by atoms with E-state index in [1.54, 1.807) is 0 Å². The molecule has 0 aliphatic rings. The molecule has 0 aliphatic carbocycles. The van der Waals surface area contributed by atoms with Crippen LogP contribution in [0.3, 0.4) is 0 Å². The molecule has 0 aliphatic heterocycles. The van der Waals surface area contributed by atoms with Crippen molar-refractivity contribution >= 4 is 11.6 Å². The Bertz CT molecular complexity index is 410. The van der Waals surface area contributed by atoms with Crippen molar-refractivity contribution in [1.82, 2.24) is 4.90 Å². The van der Waals surface area contributed by atoms with E-state index in [2.05, 4.69) is 32.6 Å². The lowest BCUT2D eigenvalue weighted by Gasteiger charge is -2.29. The zero-order valence-electron chi connectivity index (χ0n) is 13.6. The van der Waals surface area contributed by atoms with Gasteiger partial charge >= 0.3 is 0 Å². The molecule has 0 heterocycles. The molecule has 0 aromatic heterocycles. The average molecular weight is 314 g/mol. The molecule has 0 spiro atoms. The highest BCUT2D eigenvalue weighted by molar-refractivity contribution is 6.31. The van der Waals surface area contributed by atoms with Gasteiger partial charge in [0.1, 0.15) is 0 Å². The van der Waals surface area contributed by atoms with E-state index in [-0.39, 0.29) is 0 Å². The third-order valence-electron chi connectivity index (χ3n) is 3.27. The Hall–Kier alpha value is -0.610. The van der Waals surface area contributed by atoms with Crippen LogP contribution in [0, 0.1) is 5.92 Å². The summed E-state index contributed by atoms with van der Waals surface area (Å²) in [6.07, 6.45) is -0.478. The molecule has 3 nitrogen and oxygen atoms in total. The fourth-order valence-corrected chi connectivity index (χ4v) is 2.26. The SMILES string of the molecule is CC(C)COCC(O)CN(Cc1ccccc1Cl)C(C)C. The molecule has 1 aromatic carbocycles. The summed E-state index contributed by atoms with van der Waals surface area (Å²) in [6.45, 7) is 10.8. The molecule has 1 atom stereocenters. The predicted octanol–water partition coefficient (Wildman–Crippen LogP) is 3.58. The number of hydrogen-bond acceptors (Lipinski definition) is 3. The Morgan fingerprint density at radius 2 is 1.81 bits per heavy atom. The van der Waals surface area contributed by atoms with Crippen LogP contribution >= 0.6 is 11.6 Å². The van der Waals surface area contributed by atoms with Gasteiger partial charge in [0.05, 0.1) is 12.7 Å². The van der Waals surface area contributed by atoms with Gasteiger partial charge in [-0.1, -0.05) is 43.6 Å². The summed E-state index contributed by atoms with van der Waals surface area (Å²) in [5.74, 6) is 0.488. The normalized spacial score (nSPS) is 13.4. The first-order chi connectivity index (χ1) is 9.90. The Morgan fingerprint density at radius 1 is 1.14 bits per heavy atom. The van der Waals surface area contributed by atoms with E-state index in [0.717, 1.165) is 17.1 Å². The molecule has 120 valence electrons. The van der Waals surface area contributed by atoms with E-state index in [9.17, 15) is 5.11 Å². The monoisotopic (exact) mass is 313 g/mol. The van der Waals surface area contributed by atoms with Gasteiger partial charge in [0.15, 0.2) is 0 Å². The fourth-order valence-electron chi connectivity index (χ4n) is 2.07. The molecule has 21 heavy (non-hydrogen) atoms. The predicted molar refractivity (Wildman–Crippen MR) is 88.7 cm³/mol. The smallest absolute Gasteiger partial charge is 0.0900 e. The maximum absolute atomic E-state index is 10.1. The largest absolute Gasteiger partial charge is 0.389 e. The highest BCUT2D eigenvalue weighted by Crippen LogP contribution is 2.18. The van der Waals surface area contributed by atoms with E-state index in [1.165, 1.54) is 0 Å². The molecule has 0 bridgehead atoms. The van der Waals surface area contributed by atoms with E-state index in [1.807, 2.05) is 24.3 Å². The van der Waals surface area contributed by atoms with Crippen LogP contribution < -0.4 is 0 Å². The Kier molecular flexibility index (Phi) is 8.27. The Labute approximate surface area is 133 Å². The molecule has 0 fully saturated rings. The van der Waals surface area contributed by atoms with Gasteiger partial charge in [-0.15, -0.1) is 0 Å². The quantitative estimate of drug-likeness (QED) is 0.756. The number of nitrogens with zero attached hydrogens (tertiary/aromatic N) is 1. The second-order valence-corrected chi connectivity index (χ2v) is 6.61. The summed E-state index contributed by atoms with van der Waals surface area (Å²) >= 11 is 6.21. The van der Waals surface area contributed by atoms with Crippen molar-refractivity contribution in [2.45, 2.75) is 46.4 Å². The first-order valence-corrected chi connectivity index (χ1v) is 8.01. The van der Waals surface area contributed by atoms with Crippen LogP contribution in [0.2, 0.25) is 5.02 Å². The highest BCUT2D eigenvalue weighted by Gasteiger charge is 2.16. The highest BCUT2D eigenvalue weighted by atomic mass is 35.5. The van der Waals surface area contributed by atoms with Crippen LogP contribution in [0.1, 0.15) is 33.3 Å². The lowest BCUT2D eigenvalue weighted by atomic mass is 10.1. The molecule has 0 amide bonds. The van der Waals surface area contributed by atoms with Crippen LogP contribution in [0.4, 0.5) is 0 Å². The first kappa shape index (κ1) is 18.4. The minimum Gasteiger partial charge on any atom is -0.389 e. The van der Waals surface area contributed by atoms with Crippen molar-refractivity contribution in [3.63, 3.8) is 0 Å². The Morgan fingerprint density at radius 3 is 2.38 bits per heavy atom. The van der Waals surface area contributed by atoms with Crippen LogP contribution in [0.25, 0.3) is 0 Å². The van der Waals surface area contributed by atoms with E-state index >= 15 is 0 Å². The molecule has 1 rings (SSSR count). The number of benzene rings is 1. The maximum atomic E-state index is 10.1. The van der Waals surface area contributed by atoms with Crippen LogP contribution in [0.5, 0.6) is 0 Å². The second-order valence-electron chi connectivity index (χ2n) is 6.20. The minimum absolute atomic E-state index is 0.334. The van der Waals surface area contributed by atoms with Crippen molar-refractivity contribution < 1.29 is 9.84 Å². The number of aliphatic hydroxyl groups is 1. The summed E-state index contributed by atoms with van der Waals surface area (Å²) in [5, 5.41) is 10.9. The lowest BCUT2D eigenvalue weighted by molar-refractivity contribution is 0.00174. The first-order valence-electron chi connectivity index (χ1n) is 7.63. The number of halogens is 1. The van der Waals surface area contributed by atoms with Gasteiger partial charge in [0, 0.05) is 30.8 Å². The maximum Gasteiger partial charge on any atom is 0.0900 e. The van der Waals surface area contributed by atoms with Gasteiger partial charge in [-0.25, -0.2) is 0 Å². The Balaban J connectivity index is 2.52. The van der Waals surface area contributed by atoms with Gasteiger partial charge < -0.3 is 9.84 Å². The minimum atomic E-state index is -0.478. The van der Waals surface area contributed by atoms with Gasteiger partial charge in [-0.2, -0.15) is 0 Å². The second kappa shape index (κ2) is 9.42. The molecule has 0 radical (unpaired) electrons. The molecule has 0 saturated carbocycles. The molecule has 0 saturated heterocycles. The lowest BCUT2D eigenvalue weighted by Crippen LogP contribution is -2.39. The zero-order chi connectivity index (χ0) is 15.8. The van der Waals surface area contributed by atoms with Gasteiger partial charge in [-0.05, 0) is 31.4 Å². The number of hydrogen-bond donors (Lipinski definition) is 1. The van der Waals surface area contributed by atoms with Crippen LogP contribution in [-0.2, 0) is 11.3 Å². The van der Waals surface area contributed by atoms with Crippen LogP contribution in [-0.4, -0.2) is 41.9 Å². The molecular weight excluding hydrogens is 286 g/mol. The van der Waals surface area contributed by atoms with Crippen LogP contribution in [0.15, 0.2) is 24.3 Å². The summed E-state index contributed by atoms with van der Waals surface area (Å²) in [6, 6.07) is 8.18. The summed E-state index contributed by atoms with van der Waals surface area (Å²) in [7, 11) is 0. The van der Waals surface area contributed by atoms with Crippen molar-refractivity contribution in [2.24, 2.45) is 5.92 Å². The number of rotatable bonds is 9. The van der Waals surface area contributed by atoms with Crippen molar-refractivity contribution in [3.8, 4) is 0 Å². The van der Waals surface area contributed by atoms with Gasteiger partial charge in [0.25, 0.3) is 0 Å². The molecule has 1 unspecified atom stereocenters. The number of aliphatic hydroxyl groups excluding tert-OH is 1. The topological polar surface area (TPSA) is 32.7 Å². The molecular formula is C17H28ClNO2. The molecule has 1 N–H and O–H groups in total. The van der Waals surface area contributed by atoms with Gasteiger partial charge in [0.2, 0.25) is 0 Å². The fraction of sp³-hybridized carbons (Fsp3) is 0.647. The molecule has 4 heteroatoms. The van der Waals surface area contributed by atoms with E-state index in [0.29, 0.717) is 31.7 Å². The molecule has 1 aromatic rings. The standard InChI is InChI=1S/C17H28ClNO2/c1-13(2)11-21-12-16(20)10-19(14(3)4)9-15-7-5-6-8-17(15)18/h5-8,13-14,16,20H,9-12H2,1-4H3. The van der Waals surface area contributed by atoms with Gasteiger partial charge in [-0.3, -0.25) is 4.90 Å². The van der Waals surface area contributed by atoms with E-state index < -0.39 is 6.10 Å². The summed E-state index contributed by atoms with van der Waals surface area (Å²) < 4.78 is 5.51. The third kappa shape index (κ3) is 7.28. The average Bonchev–Trinajstić information content (AvgIpc) is 2.39. The zero-order valence-corrected chi connectivity index (χ0v) is 14.3. The van der Waals surface area contributed by atoms with Crippen molar-refractivity contribution in [2.75, 3.05) is 19.8 Å². The van der Waals surface area contributed by atoms with Crippen molar-refractivity contribution in [3.05, 3.63) is 34.9 Å².